The van der Waals surface area contributed by atoms with E-state index in [4.69, 9.17) is 5.11 Å². The Morgan fingerprint density at radius 3 is 1.60 bits per heavy atom. The highest BCUT2D eigenvalue weighted by Gasteiger charge is 2.12. The first-order valence-corrected chi connectivity index (χ1v) is 3.47. The molecule has 0 aromatic carbocycles. The first-order chi connectivity index (χ1) is 4.46. The smallest absolute Gasteiger partial charge is 0.101 e. The van der Waals surface area contributed by atoms with E-state index >= 15 is 0 Å². The van der Waals surface area contributed by atoms with Crippen LogP contribution >= 0.6 is 0 Å². The third kappa shape index (κ3) is 2.50. The van der Waals surface area contributed by atoms with E-state index in [0.717, 1.165) is 11.1 Å². The first kappa shape index (κ1) is 9.66. The molecule has 2 heteroatoms. The Hall–Kier alpha value is -0.340. The van der Waals surface area contributed by atoms with Crippen LogP contribution in [0.25, 0.3) is 0 Å². The zero-order valence-corrected chi connectivity index (χ0v) is 7.05. The van der Waals surface area contributed by atoms with Gasteiger partial charge in [0.2, 0.25) is 0 Å². The van der Waals surface area contributed by atoms with Gasteiger partial charge in [-0.25, -0.2) is 0 Å². The molecule has 60 valence electrons. The molecule has 10 heavy (non-hydrogen) atoms. The van der Waals surface area contributed by atoms with Crippen molar-refractivity contribution in [1.82, 2.24) is 0 Å². The van der Waals surface area contributed by atoms with Gasteiger partial charge in [-0.3, -0.25) is 0 Å². The van der Waals surface area contributed by atoms with E-state index in [-0.39, 0.29) is 0 Å². The van der Waals surface area contributed by atoms with Gasteiger partial charge in [-0.1, -0.05) is 5.57 Å². The molecule has 0 aromatic rings. The molecule has 0 aliphatic rings. The second-order valence-electron chi connectivity index (χ2n) is 2.87. The third-order valence-electron chi connectivity index (χ3n) is 1.69. The van der Waals surface area contributed by atoms with Gasteiger partial charge in [-0.2, -0.15) is 0 Å². The maximum Gasteiger partial charge on any atom is 0.101 e. The molecule has 2 nitrogen and oxygen atoms in total. The van der Waals surface area contributed by atoms with Crippen LogP contribution in [0.15, 0.2) is 11.1 Å². The first-order valence-electron chi connectivity index (χ1n) is 3.47. The van der Waals surface area contributed by atoms with Crippen molar-refractivity contribution in [3.63, 3.8) is 0 Å². The van der Waals surface area contributed by atoms with Gasteiger partial charge in [0.25, 0.3) is 0 Å². The van der Waals surface area contributed by atoms with Crippen LogP contribution in [0.3, 0.4) is 0 Å². The minimum Gasteiger partial charge on any atom is -0.390 e. The number of allylic oxidation sites excluding steroid dienone is 1. The standard InChI is InChI=1S/C8H16O2/c1-5(2)6(3)8(10)7(4)9/h7-10H,1-4H3. The lowest BCUT2D eigenvalue weighted by atomic mass is 10.0. The molecule has 2 N–H and O–H groups in total. The molecule has 0 aliphatic carbocycles. The molecule has 0 aliphatic heterocycles. The Morgan fingerprint density at radius 2 is 1.50 bits per heavy atom. The van der Waals surface area contributed by atoms with Crippen molar-refractivity contribution in [2.24, 2.45) is 0 Å². The molecule has 2 unspecified atom stereocenters. The Bertz CT molecular complexity index is 132. The molecule has 0 bridgehead atoms. The van der Waals surface area contributed by atoms with E-state index in [2.05, 4.69) is 0 Å². The molecule has 0 fully saturated rings. The maximum absolute atomic E-state index is 9.26. The van der Waals surface area contributed by atoms with Gasteiger partial charge in [0.1, 0.15) is 6.10 Å². The summed E-state index contributed by atoms with van der Waals surface area (Å²) in [5, 5.41) is 18.2. The van der Waals surface area contributed by atoms with E-state index in [1.54, 1.807) is 6.92 Å². The summed E-state index contributed by atoms with van der Waals surface area (Å²) in [4.78, 5) is 0. The Kier molecular flexibility index (Phi) is 3.61. The molecule has 0 saturated carbocycles. The second-order valence-corrected chi connectivity index (χ2v) is 2.87. The van der Waals surface area contributed by atoms with E-state index in [1.165, 1.54) is 0 Å². The van der Waals surface area contributed by atoms with Gasteiger partial charge in [-0.15, -0.1) is 0 Å². The summed E-state index contributed by atoms with van der Waals surface area (Å²) in [5.41, 5.74) is 1.92. The van der Waals surface area contributed by atoms with Gasteiger partial charge < -0.3 is 10.2 Å². The van der Waals surface area contributed by atoms with Crippen LogP contribution in [-0.4, -0.2) is 22.4 Å². The van der Waals surface area contributed by atoms with Crippen LogP contribution in [-0.2, 0) is 0 Å². The highest BCUT2D eigenvalue weighted by atomic mass is 16.3. The van der Waals surface area contributed by atoms with E-state index < -0.39 is 12.2 Å². The molecule has 0 heterocycles. The minimum absolute atomic E-state index is 0.671. The highest BCUT2D eigenvalue weighted by molar-refractivity contribution is 5.12. The Morgan fingerprint density at radius 1 is 1.10 bits per heavy atom. The second kappa shape index (κ2) is 3.74. The number of rotatable bonds is 2. The highest BCUT2D eigenvalue weighted by Crippen LogP contribution is 2.10. The van der Waals surface area contributed by atoms with Crippen LogP contribution in [0.4, 0.5) is 0 Å². The van der Waals surface area contributed by atoms with Gasteiger partial charge >= 0.3 is 0 Å². The van der Waals surface area contributed by atoms with Crippen LogP contribution in [0.2, 0.25) is 0 Å². The fraction of sp³-hybridized carbons (Fsp3) is 0.750. The zero-order chi connectivity index (χ0) is 8.31. The monoisotopic (exact) mass is 144 g/mol. The predicted molar refractivity (Wildman–Crippen MR) is 41.7 cm³/mol. The van der Waals surface area contributed by atoms with Crippen molar-refractivity contribution in [3.8, 4) is 0 Å². The van der Waals surface area contributed by atoms with E-state index in [0.29, 0.717) is 0 Å². The lowest BCUT2D eigenvalue weighted by Crippen LogP contribution is -2.24. The van der Waals surface area contributed by atoms with Gasteiger partial charge in [-0.05, 0) is 33.3 Å². The minimum atomic E-state index is -0.704. The molecular weight excluding hydrogens is 128 g/mol. The van der Waals surface area contributed by atoms with Crippen molar-refractivity contribution in [2.45, 2.75) is 39.9 Å². The maximum atomic E-state index is 9.26. The largest absolute Gasteiger partial charge is 0.390 e. The summed E-state index contributed by atoms with van der Waals surface area (Å²) in [6, 6.07) is 0. The summed E-state index contributed by atoms with van der Waals surface area (Å²) in [6.45, 7) is 7.24. The molecule has 0 aromatic heterocycles. The zero-order valence-electron chi connectivity index (χ0n) is 7.05. The summed E-state index contributed by atoms with van der Waals surface area (Å²) >= 11 is 0. The van der Waals surface area contributed by atoms with E-state index in [9.17, 15) is 5.11 Å². The molecular formula is C8H16O2. The SMILES string of the molecule is CC(C)=C(C)C(O)C(C)O. The molecule has 0 rings (SSSR count). The van der Waals surface area contributed by atoms with Crippen molar-refractivity contribution < 1.29 is 10.2 Å². The van der Waals surface area contributed by atoms with Crippen LogP contribution in [0, 0.1) is 0 Å². The molecule has 2 atom stereocenters. The summed E-state index contributed by atoms with van der Waals surface area (Å²) in [6.07, 6.45) is -1.38. The lowest BCUT2D eigenvalue weighted by molar-refractivity contribution is 0.0541. The van der Waals surface area contributed by atoms with Crippen LogP contribution < -0.4 is 0 Å². The summed E-state index contributed by atoms with van der Waals surface area (Å²) < 4.78 is 0. The normalized spacial score (nSPS) is 16.2. The van der Waals surface area contributed by atoms with Gasteiger partial charge in [0.05, 0.1) is 6.10 Å². The average molecular weight is 144 g/mol. The fourth-order valence-corrected chi connectivity index (χ4v) is 0.658. The van der Waals surface area contributed by atoms with Crippen molar-refractivity contribution in [3.05, 3.63) is 11.1 Å². The third-order valence-corrected chi connectivity index (χ3v) is 1.69. The van der Waals surface area contributed by atoms with Crippen molar-refractivity contribution >= 4 is 0 Å². The van der Waals surface area contributed by atoms with Crippen LogP contribution in [0.5, 0.6) is 0 Å². The van der Waals surface area contributed by atoms with Gasteiger partial charge in [0.15, 0.2) is 0 Å². The average Bonchev–Trinajstić information content (AvgIpc) is 1.84. The number of aliphatic hydroxyl groups is 2. The quantitative estimate of drug-likeness (QED) is 0.569. The number of hydrogen-bond donors (Lipinski definition) is 2. The number of hydrogen-bond acceptors (Lipinski definition) is 2. The molecule has 0 amide bonds. The fourth-order valence-electron chi connectivity index (χ4n) is 0.658. The van der Waals surface area contributed by atoms with Crippen molar-refractivity contribution in [1.29, 1.82) is 0 Å². The Balaban J connectivity index is 4.22. The summed E-state index contributed by atoms with van der Waals surface area (Å²) in [7, 11) is 0. The van der Waals surface area contributed by atoms with Gasteiger partial charge in [0, 0.05) is 0 Å². The Labute approximate surface area is 62.2 Å². The predicted octanol–water partition coefficient (Wildman–Crippen LogP) is 1.08. The van der Waals surface area contributed by atoms with Crippen molar-refractivity contribution in [2.75, 3.05) is 0 Å². The van der Waals surface area contributed by atoms with Crippen LogP contribution in [0.1, 0.15) is 27.7 Å². The lowest BCUT2D eigenvalue weighted by Gasteiger charge is -2.15. The molecule has 0 saturated heterocycles. The molecule has 0 radical (unpaired) electrons. The van der Waals surface area contributed by atoms with E-state index in [1.807, 2.05) is 20.8 Å². The topological polar surface area (TPSA) is 40.5 Å². The molecule has 0 spiro atoms. The number of aliphatic hydroxyl groups excluding tert-OH is 2. The summed E-state index contributed by atoms with van der Waals surface area (Å²) in [5.74, 6) is 0.